The maximum absolute atomic E-state index is 6.95. The van der Waals surface area contributed by atoms with Gasteiger partial charge in [-0.3, -0.25) is 0 Å². The summed E-state index contributed by atoms with van der Waals surface area (Å²) in [5.74, 6) is 2.07. The van der Waals surface area contributed by atoms with Crippen LogP contribution in [0.3, 0.4) is 0 Å². The molecule has 0 aliphatic carbocycles. The van der Waals surface area contributed by atoms with Crippen molar-refractivity contribution in [3.8, 4) is 17.3 Å². The molecular weight excluding hydrogens is 1010 g/mol. The Hall–Kier alpha value is -5.90. The largest absolute Gasteiger partial charge is 0.509 e. The monoisotopic (exact) mass is 1080 g/mol. The summed E-state index contributed by atoms with van der Waals surface area (Å²) in [5, 5.41) is 2.22. The van der Waals surface area contributed by atoms with Gasteiger partial charge in [-0.1, -0.05) is 180 Å². The Kier molecular flexibility index (Phi) is 12.8. The third-order valence-corrected chi connectivity index (χ3v) is 13.8. The molecule has 0 saturated carbocycles. The average molecular weight is 1080 g/mol. The van der Waals surface area contributed by atoms with Crippen LogP contribution in [0.15, 0.2) is 158 Å². The van der Waals surface area contributed by atoms with Gasteiger partial charge in [-0.05, 0) is 80.6 Å². The fourth-order valence-electron chi connectivity index (χ4n) is 9.28. The minimum atomic E-state index is -0.253. The summed E-state index contributed by atoms with van der Waals surface area (Å²) in [6.45, 7) is 31.7. The molecule has 6 heteroatoms. The van der Waals surface area contributed by atoms with E-state index in [1.54, 1.807) is 0 Å². The van der Waals surface area contributed by atoms with Crippen LogP contribution >= 0.6 is 0 Å². The Morgan fingerprint density at radius 3 is 1.74 bits per heavy atom. The molecule has 0 saturated heterocycles. The molecule has 9 rings (SSSR count). The SMILES string of the molecule is CC(C)(C)C1=CN(c2cccc(C(C)(C)C)c2)[CH-]N1c1[c-]c(Oc2[c-]c3c(cc2)c2cc(C(C)(C)c4ccccc4)ccc2n3-c2cc(C(C)(C)c3ccccc3)ccn2)cc(C(C)(C)C)c1.[Pt]. The number of pyridine rings is 1. The number of allylic oxidation sites excluding steroid dienone is 1. The second-order valence-corrected chi connectivity index (χ2v) is 22.5. The minimum absolute atomic E-state index is 0. The van der Waals surface area contributed by atoms with Crippen molar-refractivity contribution in [3.63, 3.8) is 0 Å². The summed E-state index contributed by atoms with van der Waals surface area (Å²) in [6.07, 6.45) is 4.20. The number of benzene rings is 6. The van der Waals surface area contributed by atoms with E-state index in [9.17, 15) is 0 Å². The normalized spacial score (nSPS) is 13.8. The molecule has 8 aromatic rings. The molecular formula is C62H65N4OPt-3. The Labute approximate surface area is 420 Å². The van der Waals surface area contributed by atoms with Gasteiger partial charge in [0, 0.05) is 71.9 Å². The second kappa shape index (κ2) is 17.9. The van der Waals surface area contributed by atoms with Gasteiger partial charge in [0.1, 0.15) is 5.82 Å². The van der Waals surface area contributed by atoms with Crippen LogP contribution in [0.4, 0.5) is 11.4 Å². The van der Waals surface area contributed by atoms with Crippen LogP contribution in [0.1, 0.15) is 123 Å². The molecule has 5 nitrogen and oxygen atoms in total. The summed E-state index contributed by atoms with van der Waals surface area (Å²) >= 11 is 0. The van der Waals surface area contributed by atoms with E-state index < -0.39 is 0 Å². The topological polar surface area (TPSA) is 33.5 Å². The summed E-state index contributed by atoms with van der Waals surface area (Å²) < 4.78 is 9.20. The molecule has 352 valence electrons. The molecule has 0 fully saturated rings. The van der Waals surface area contributed by atoms with Crippen LogP contribution in [0.5, 0.6) is 11.5 Å². The third-order valence-electron chi connectivity index (χ3n) is 13.8. The molecule has 0 amide bonds. The Balaban J connectivity index is 0.00000625. The number of nitrogens with zero attached hydrogens (tertiary/aromatic N) is 4. The van der Waals surface area contributed by atoms with Gasteiger partial charge in [-0.15, -0.1) is 53.6 Å². The average Bonchev–Trinajstić information content (AvgIpc) is 3.90. The zero-order valence-electron chi connectivity index (χ0n) is 42.0. The van der Waals surface area contributed by atoms with Crippen LogP contribution in [0, 0.1) is 24.2 Å². The maximum Gasteiger partial charge on any atom is 0.135 e. The van der Waals surface area contributed by atoms with Crippen molar-refractivity contribution in [2.45, 2.75) is 112 Å². The predicted molar refractivity (Wildman–Crippen MR) is 281 cm³/mol. The fourth-order valence-corrected chi connectivity index (χ4v) is 9.28. The molecule has 6 aromatic carbocycles. The van der Waals surface area contributed by atoms with E-state index in [-0.39, 0.29) is 48.1 Å². The molecule has 0 bridgehead atoms. The molecule has 0 spiro atoms. The van der Waals surface area contributed by atoms with Crippen LogP contribution in [0.25, 0.3) is 27.6 Å². The van der Waals surface area contributed by atoms with Crippen LogP contribution in [0.2, 0.25) is 0 Å². The molecule has 0 radical (unpaired) electrons. The third kappa shape index (κ3) is 9.32. The van der Waals surface area contributed by atoms with E-state index in [2.05, 4.69) is 263 Å². The minimum Gasteiger partial charge on any atom is -0.509 e. The van der Waals surface area contributed by atoms with E-state index in [0.717, 1.165) is 44.6 Å². The van der Waals surface area contributed by atoms with Crippen molar-refractivity contribution in [3.05, 3.63) is 210 Å². The first-order valence-corrected chi connectivity index (χ1v) is 23.7. The summed E-state index contributed by atoms with van der Waals surface area (Å²) in [7, 11) is 0. The number of hydrogen-bond donors (Lipinski definition) is 0. The molecule has 68 heavy (non-hydrogen) atoms. The van der Waals surface area contributed by atoms with Gasteiger partial charge in [0.05, 0.1) is 0 Å². The first-order valence-electron chi connectivity index (χ1n) is 23.7. The molecule has 1 aliphatic rings. The number of hydrogen-bond acceptors (Lipinski definition) is 4. The van der Waals surface area contributed by atoms with E-state index in [4.69, 9.17) is 9.72 Å². The van der Waals surface area contributed by atoms with Crippen molar-refractivity contribution in [2.75, 3.05) is 9.80 Å². The van der Waals surface area contributed by atoms with Crippen molar-refractivity contribution in [1.29, 1.82) is 0 Å². The van der Waals surface area contributed by atoms with Crippen molar-refractivity contribution < 1.29 is 25.8 Å². The smallest absolute Gasteiger partial charge is 0.135 e. The van der Waals surface area contributed by atoms with Gasteiger partial charge in [-0.2, -0.15) is 6.07 Å². The van der Waals surface area contributed by atoms with Gasteiger partial charge in [0.25, 0.3) is 0 Å². The van der Waals surface area contributed by atoms with Gasteiger partial charge in [0.2, 0.25) is 0 Å². The quantitative estimate of drug-likeness (QED) is 0.135. The van der Waals surface area contributed by atoms with Gasteiger partial charge < -0.3 is 19.1 Å². The molecule has 0 atom stereocenters. The van der Waals surface area contributed by atoms with Crippen molar-refractivity contribution >= 4 is 33.2 Å². The molecule has 0 unspecified atom stereocenters. The van der Waals surface area contributed by atoms with Gasteiger partial charge in [-0.25, -0.2) is 4.98 Å². The predicted octanol–water partition coefficient (Wildman–Crippen LogP) is 16.1. The number of rotatable bonds is 9. The molecule has 2 aromatic heterocycles. The Bertz CT molecular complexity index is 3140. The summed E-state index contributed by atoms with van der Waals surface area (Å²) in [4.78, 5) is 9.58. The fraction of sp³-hybridized carbons (Fsp3) is 0.290. The number of aromatic nitrogens is 2. The van der Waals surface area contributed by atoms with E-state index in [1.807, 2.05) is 12.3 Å². The van der Waals surface area contributed by atoms with E-state index in [1.165, 1.54) is 33.5 Å². The zero-order valence-corrected chi connectivity index (χ0v) is 44.3. The zero-order chi connectivity index (χ0) is 47.7. The summed E-state index contributed by atoms with van der Waals surface area (Å²) in [6, 6.07) is 57.7. The molecule has 1 aliphatic heterocycles. The molecule has 3 heterocycles. The van der Waals surface area contributed by atoms with Crippen LogP contribution < -0.4 is 14.5 Å². The van der Waals surface area contributed by atoms with Crippen molar-refractivity contribution in [1.82, 2.24) is 9.55 Å². The van der Waals surface area contributed by atoms with Crippen LogP contribution in [-0.2, 0) is 42.7 Å². The molecule has 0 N–H and O–H groups in total. The van der Waals surface area contributed by atoms with Gasteiger partial charge in [0.15, 0.2) is 0 Å². The first kappa shape index (κ1) is 48.6. The standard InChI is InChI=1S/C62H65N4O.Pt/c1-58(2,3)44-25-20-26-48(33-44)64-40-56(60(7,8)9)65(41-64)49-34-47(59(4,5)6)35-51(38-49)67-50-28-29-52-53-36-45(61(10,11)42-21-16-14-17-22-42)27-30-54(53)66(55(52)39-50)57-37-46(31-32-63-57)62(12,13)43-23-18-15-19-24-43;/h14-37,40-41H,1-13H3;/q-3;. The van der Waals surface area contributed by atoms with E-state index >= 15 is 0 Å². The number of ether oxygens (including phenoxy) is 1. The van der Waals surface area contributed by atoms with Crippen LogP contribution in [-0.4, -0.2) is 9.55 Å². The second-order valence-electron chi connectivity index (χ2n) is 22.5. The van der Waals surface area contributed by atoms with Gasteiger partial charge >= 0.3 is 0 Å². The number of fused-ring (bicyclic) bond motifs is 3. The Morgan fingerprint density at radius 1 is 0.500 bits per heavy atom. The maximum atomic E-state index is 6.95. The first-order chi connectivity index (χ1) is 31.6. The number of anilines is 2. The summed E-state index contributed by atoms with van der Waals surface area (Å²) in [5.41, 5.74) is 11.8. The van der Waals surface area contributed by atoms with Crippen molar-refractivity contribution in [2.24, 2.45) is 5.41 Å². The Morgan fingerprint density at radius 2 is 1.12 bits per heavy atom. The van der Waals surface area contributed by atoms with E-state index in [0.29, 0.717) is 11.5 Å².